The minimum Gasteiger partial charge on any atom is -0.462 e. The molecule has 0 amide bonds. The lowest BCUT2D eigenvalue weighted by Gasteiger charge is -2.11. The van der Waals surface area contributed by atoms with Gasteiger partial charge in [0.2, 0.25) is 0 Å². The van der Waals surface area contributed by atoms with E-state index in [0.29, 0.717) is 0 Å². The first-order valence-electron chi connectivity index (χ1n) is 4.10. The van der Waals surface area contributed by atoms with Gasteiger partial charge in [-0.1, -0.05) is 0 Å². The van der Waals surface area contributed by atoms with Crippen molar-refractivity contribution in [3.05, 3.63) is 0 Å². The Kier molecular flexibility index (Phi) is 3.25. The lowest BCUT2D eigenvalue weighted by atomic mass is 10.2. The fourth-order valence-electron chi connectivity index (χ4n) is 0.920. The van der Waals surface area contributed by atoms with Crippen LogP contribution in [0.1, 0.15) is 13.3 Å². The lowest BCUT2D eigenvalue weighted by molar-refractivity contribution is -0.154. The molecule has 1 fully saturated rings. The Morgan fingerprint density at radius 1 is 1.85 bits per heavy atom. The molecule has 2 unspecified atom stereocenters. The van der Waals surface area contributed by atoms with Gasteiger partial charge in [-0.25, -0.2) is 0 Å². The van der Waals surface area contributed by atoms with Gasteiger partial charge in [-0.2, -0.15) is 0 Å². The van der Waals surface area contributed by atoms with E-state index >= 15 is 0 Å². The van der Waals surface area contributed by atoms with Crippen molar-refractivity contribution in [1.29, 1.82) is 0 Å². The van der Waals surface area contributed by atoms with Crippen molar-refractivity contribution in [3.8, 4) is 0 Å². The molecular formula is C8H12O5. The van der Waals surface area contributed by atoms with Crippen LogP contribution in [0.15, 0.2) is 0 Å². The van der Waals surface area contributed by atoms with Gasteiger partial charge >= 0.3 is 11.9 Å². The minimum atomic E-state index is -0.546. The van der Waals surface area contributed by atoms with Crippen molar-refractivity contribution in [3.63, 3.8) is 0 Å². The Morgan fingerprint density at radius 2 is 2.54 bits per heavy atom. The molecule has 0 bridgehead atoms. The molecular weight excluding hydrogens is 176 g/mol. The summed E-state index contributed by atoms with van der Waals surface area (Å²) in [5.41, 5.74) is 0. The topological polar surface area (TPSA) is 72.8 Å². The summed E-state index contributed by atoms with van der Waals surface area (Å²) in [4.78, 5) is 21.7. The molecule has 74 valence electrons. The molecule has 1 rings (SSSR count). The number of cyclic esters (lactones) is 1. The van der Waals surface area contributed by atoms with Gasteiger partial charge in [0.05, 0.1) is 18.9 Å². The Balaban J connectivity index is 2.32. The van der Waals surface area contributed by atoms with E-state index in [1.54, 1.807) is 6.92 Å². The summed E-state index contributed by atoms with van der Waals surface area (Å²) in [6, 6.07) is 0. The standard InChI is InChI=1S/C8H12O5/c1-5(3-9)8(11)13-6-2-7(10)12-4-6/h5-6,9H,2-4H2,1H3. The van der Waals surface area contributed by atoms with Crippen LogP contribution < -0.4 is 0 Å². The number of hydrogen-bond acceptors (Lipinski definition) is 5. The molecule has 5 heteroatoms. The third-order valence-corrected chi connectivity index (χ3v) is 1.78. The van der Waals surface area contributed by atoms with E-state index in [2.05, 4.69) is 4.74 Å². The van der Waals surface area contributed by atoms with E-state index in [0.717, 1.165) is 0 Å². The minimum absolute atomic E-state index is 0.115. The predicted molar refractivity (Wildman–Crippen MR) is 41.7 cm³/mol. The highest BCUT2D eigenvalue weighted by atomic mass is 16.6. The number of rotatable bonds is 3. The maximum atomic E-state index is 11.1. The van der Waals surface area contributed by atoms with Crippen molar-refractivity contribution < 1.29 is 24.2 Å². The number of ether oxygens (including phenoxy) is 2. The summed E-state index contributed by atoms with van der Waals surface area (Å²) in [6.45, 7) is 1.43. The molecule has 0 saturated carbocycles. The van der Waals surface area contributed by atoms with Crippen LogP contribution in [0.25, 0.3) is 0 Å². The van der Waals surface area contributed by atoms with Crippen LogP contribution in [-0.2, 0) is 19.1 Å². The van der Waals surface area contributed by atoms with Crippen LogP contribution in [-0.4, -0.2) is 36.4 Å². The van der Waals surface area contributed by atoms with Gasteiger partial charge in [-0.3, -0.25) is 9.59 Å². The van der Waals surface area contributed by atoms with Gasteiger partial charge in [0.1, 0.15) is 12.7 Å². The first kappa shape index (κ1) is 9.98. The fourth-order valence-corrected chi connectivity index (χ4v) is 0.920. The highest BCUT2D eigenvalue weighted by molar-refractivity contribution is 5.75. The molecule has 13 heavy (non-hydrogen) atoms. The van der Waals surface area contributed by atoms with Crippen LogP contribution in [0.3, 0.4) is 0 Å². The summed E-state index contributed by atoms with van der Waals surface area (Å²) >= 11 is 0. The number of hydrogen-bond donors (Lipinski definition) is 1. The predicted octanol–water partition coefficient (Wildman–Crippen LogP) is -0.527. The maximum Gasteiger partial charge on any atom is 0.311 e. The van der Waals surface area contributed by atoms with Crippen molar-refractivity contribution in [2.75, 3.05) is 13.2 Å². The second-order valence-corrected chi connectivity index (χ2v) is 3.03. The summed E-state index contributed by atoms with van der Waals surface area (Å²) < 4.78 is 9.49. The zero-order valence-electron chi connectivity index (χ0n) is 7.36. The number of aliphatic hydroxyl groups is 1. The second-order valence-electron chi connectivity index (χ2n) is 3.03. The fraction of sp³-hybridized carbons (Fsp3) is 0.750. The Labute approximate surface area is 75.6 Å². The van der Waals surface area contributed by atoms with Crippen molar-refractivity contribution >= 4 is 11.9 Å². The van der Waals surface area contributed by atoms with Crippen molar-refractivity contribution in [2.45, 2.75) is 19.4 Å². The molecule has 1 heterocycles. The summed E-state index contributed by atoms with van der Waals surface area (Å²) in [5, 5.41) is 8.63. The van der Waals surface area contributed by atoms with Gasteiger partial charge in [-0.15, -0.1) is 0 Å². The average molecular weight is 188 g/mol. The molecule has 0 aliphatic carbocycles. The smallest absolute Gasteiger partial charge is 0.311 e. The molecule has 0 aromatic rings. The molecule has 1 saturated heterocycles. The highest BCUT2D eigenvalue weighted by Gasteiger charge is 2.28. The van der Waals surface area contributed by atoms with Crippen molar-refractivity contribution in [2.24, 2.45) is 5.92 Å². The summed E-state index contributed by atoms with van der Waals surface area (Å²) in [6.07, 6.45) is -0.363. The van der Waals surface area contributed by atoms with Crippen LogP contribution >= 0.6 is 0 Å². The van der Waals surface area contributed by atoms with E-state index in [4.69, 9.17) is 9.84 Å². The highest BCUT2D eigenvalue weighted by Crippen LogP contribution is 2.11. The normalized spacial score (nSPS) is 23.8. The Bertz CT molecular complexity index is 213. The monoisotopic (exact) mass is 188 g/mol. The third kappa shape index (κ3) is 2.69. The Hall–Kier alpha value is -1.10. The van der Waals surface area contributed by atoms with Crippen LogP contribution in [0.5, 0.6) is 0 Å². The number of aliphatic hydroxyl groups excluding tert-OH is 1. The summed E-state index contributed by atoms with van der Waals surface area (Å²) in [7, 11) is 0. The molecule has 0 aromatic carbocycles. The molecule has 0 aromatic heterocycles. The zero-order valence-corrected chi connectivity index (χ0v) is 7.36. The maximum absolute atomic E-state index is 11.1. The Morgan fingerprint density at radius 3 is 3.00 bits per heavy atom. The quantitative estimate of drug-likeness (QED) is 0.603. The van der Waals surface area contributed by atoms with Crippen LogP contribution in [0, 0.1) is 5.92 Å². The van der Waals surface area contributed by atoms with Crippen LogP contribution in [0.4, 0.5) is 0 Å². The van der Waals surface area contributed by atoms with Gasteiger partial charge in [-0.05, 0) is 6.92 Å². The molecule has 0 spiro atoms. The zero-order chi connectivity index (χ0) is 9.84. The largest absolute Gasteiger partial charge is 0.462 e. The molecule has 1 N–H and O–H groups in total. The average Bonchev–Trinajstić information content (AvgIpc) is 2.49. The third-order valence-electron chi connectivity index (χ3n) is 1.78. The molecule has 1 aliphatic heterocycles. The van der Waals surface area contributed by atoms with Crippen molar-refractivity contribution in [1.82, 2.24) is 0 Å². The van der Waals surface area contributed by atoms with E-state index in [-0.39, 0.29) is 25.6 Å². The molecule has 0 radical (unpaired) electrons. The molecule has 2 atom stereocenters. The second kappa shape index (κ2) is 4.23. The van der Waals surface area contributed by atoms with Gasteiger partial charge in [0.25, 0.3) is 0 Å². The molecule has 1 aliphatic rings. The first-order valence-corrected chi connectivity index (χ1v) is 4.10. The summed E-state index contributed by atoms with van der Waals surface area (Å²) in [5.74, 6) is -1.39. The number of esters is 2. The van der Waals surface area contributed by atoms with Gasteiger partial charge < -0.3 is 14.6 Å². The van der Waals surface area contributed by atoms with E-state index in [9.17, 15) is 9.59 Å². The van der Waals surface area contributed by atoms with Gasteiger partial charge in [0, 0.05) is 0 Å². The molecule has 5 nitrogen and oxygen atoms in total. The number of carbonyl (C=O) groups is 2. The lowest BCUT2D eigenvalue weighted by Crippen LogP contribution is -2.24. The van der Waals surface area contributed by atoms with E-state index < -0.39 is 18.0 Å². The van der Waals surface area contributed by atoms with Crippen LogP contribution in [0.2, 0.25) is 0 Å². The SMILES string of the molecule is CC(CO)C(=O)OC1COC(=O)C1. The van der Waals surface area contributed by atoms with E-state index in [1.165, 1.54) is 0 Å². The van der Waals surface area contributed by atoms with Gasteiger partial charge in [0.15, 0.2) is 0 Å². The first-order chi connectivity index (χ1) is 6.13. The van der Waals surface area contributed by atoms with E-state index in [1.807, 2.05) is 0 Å². The number of carbonyl (C=O) groups excluding carboxylic acids is 2.